The molecule has 0 spiro atoms. The van der Waals surface area contributed by atoms with Crippen molar-refractivity contribution >= 4 is 22.7 Å². The van der Waals surface area contributed by atoms with Gasteiger partial charge in [0.25, 0.3) is 0 Å². The summed E-state index contributed by atoms with van der Waals surface area (Å²) < 4.78 is 18.9. The van der Waals surface area contributed by atoms with Gasteiger partial charge in [-0.25, -0.2) is 9.18 Å². The van der Waals surface area contributed by atoms with Crippen LogP contribution >= 0.6 is 11.6 Å². The Labute approximate surface area is 118 Å². The van der Waals surface area contributed by atoms with Gasteiger partial charge >= 0.3 is 5.76 Å². The van der Waals surface area contributed by atoms with Crippen molar-refractivity contribution in [2.24, 2.45) is 5.73 Å². The topological polar surface area (TPSA) is 72.0 Å². The minimum Gasteiger partial charge on any atom is -0.408 e. The molecule has 6 heteroatoms. The van der Waals surface area contributed by atoms with Crippen molar-refractivity contribution in [3.8, 4) is 0 Å². The number of fused-ring (bicyclic) bond motifs is 1. The summed E-state index contributed by atoms with van der Waals surface area (Å²) in [6.07, 6.45) is 0. The second-order valence-electron chi connectivity index (χ2n) is 4.39. The third kappa shape index (κ3) is 2.11. The van der Waals surface area contributed by atoms with Crippen molar-refractivity contribution in [3.63, 3.8) is 0 Å². The van der Waals surface area contributed by atoms with Gasteiger partial charge in [0.15, 0.2) is 5.58 Å². The van der Waals surface area contributed by atoms with Gasteiger partial charge < -0.3 is 10.2 Å². The highest BCUT2D eigenvalue weighted by Crippen LogP contribution is 2.27. The molecule has 0 bridgehead atoms. The van der Waals surface area contributed by atoms with E-state index in [1.807, 2.05) is 0 Å². The summed E-state index contributed by atoms with van der Waals surface area (Å²) in [7, 11) is 0. The molecule has 1 aromatic heterocycles. The lowest BCUT2D eigenvalue weighted by molar-refractivity contribution is 0.554. The zero-order valence-corrected chi connectivity index (χ0v) is 10.9. The molecule has 0 aliphatic heterocycles. The molecule has 0 aliphatic carbocycles. The van der Waals surface area contributed by atoms with Gasteiger partial charge in [0, 0.05) is 5.56 Å². The van der Waals surface area contributed by atoms with Gasteiger partial charge in [-0.1, -0.05) is 29.8 Å². The summed E-state index contributed by atoms with van der Waals surface area (Å²) in [5, 5.41) is 0.0206. The average Bonchev–Trinajstić information content (AvgIpc) is 2.80. The normalized spacial score (nSPS) is 12.8. The van der Waals surface area contributed by atoms with Crippen molar-refractivity contribution in [2.45, 2.75) is 6.04 Å². The molecule has 102 valence electrons. The van der Waals surface area contributed by atoms with Crippen molar-refractivity contribution in [1.29, 1.82) is 0 Å². The van der Waals surface area contributed by atoms with Crippen LogP contribution in [0.5, 0.6) is 0 Å². The van der Waals surface area contributed by atoms with Gasteiger partial charge in [-0.2, -0.15) is 0 Å². The predicted molar refractivity (Wildman–Crippen MR) is 74.3 cm³/mol. The van der Waals surface area contributed by atoms with Gasteiger partial charge in [-0.3, -0.25) is 4.98 Å². The van der Waals surface area contributed by atoms with Gasteiger partial charge in [0.05, 0.1) is 16.6 Å². The van der Waals surface area contributed by atoms with Gasteiger partial charge in [-0.15, -0.1) is 0 Å². The number of nitrogens with one attached hydrogen (secondary N) is 1. The molecule has 0 saturated heterocycles. The van der Waals surface area contributed by atoms with E-state index in [9.17, 15) is 9.18 Å². The minimum atomic E-state index is -0.696. The first-order valence-electron chi connectivity index (χ1n) is 5.88. The summed E-state index contributed by atoms with van der Waals surface area (Å²) in [5.74, 6) is -1.09. The molecule has 1 unspecified atom stereocenters. The Kier molecular flexibility index (Phi) is 3.08. The highest BCUT2D eigenvalue weighted by Gasteiger charge is 2.16. The van der Waals surface area contributed by atoms with Crippen molar-refractivity contribution in [3.05, 3.63) is 68.9 Å². The van der Waals surface area contributed by atoms with Crippen LogP contribution < -0.4 is 11.5 Å². The third-order valence-corrected chi connectivity index (χ3v) is 3.41. The summed E-state index contributed by atoms with van der Waals surface area (Å²) in [4.78, 5) is 13.6. The maximum absolute atomic E-state index is 14.0. The molecule has 0 aliphatic rings. The lowest BCUT2D eigenvalue weighted by Crippen LogP contribution is -2.13. The van der Waals surface area contributed by atoms with E-state index in [0.717, 1.165) is 0 Å². The molecular weight excluding hydrogens is 283 g/mol. The molecule has 4 nitrogen and oxygen atoms in total. The molecule has 3 rings (SSSR count). The molecule has 0 radical (unpaired) electrons. The van der Waals surface area contributed by atoms with Crippen LogP contribution in [0.15, 0.2) is 45.6 Å². The van der Waals surface area contributed by atoms with Crippen LogP contribution in [-0.2, 0) is 0 Å². The smallest absolute Gasteiger partial charge is 0.408 e. The Morgan fingerprint density at radius 3 is 2.90 bits per heavy atom. The molecule has 0 fully saturated rings. The largest absolute Gasteiger partial charge is 0.417 e. The number of benzene rings is 2. The molecule has 2 aromatic carbocycles. The minimum absolute atomic E-state index is 0.0206. The Morgan fingerprint density at radius 1 is 1.30 bits per heavy atom. The highest BCUT2D eigenvalue weighted by molar-refractivity contribution is 6.30. The van der Waals surface area contributed by atoms with Crippen LogP contribution in [0.25, 0.3) is 11.1 Å². The zero-order valence-electron chi connectivity index (χ0n) is 10.2. The summed E-state index contributed by atoms with van der Waals surface area (Å²) in [6, 6.07) is 8.95. The van der Waals surface area contributed by atoms with Crippen LogP contribution in [0.2, 0.25) is 5.02 Å². The molecule has 20 heavy (non-hydrogen) atoms. The maximum atomic E-state index is 14.0. The Balaban J connectivity index is 2.09. The fourth-order valence-electron chi connectivity index (χ4n) is 2.10. The predicted octanol–water partition coefficient (Wildman–Crippen LogP) is 2.96. The van der Waals surface area contributed by atoms with Gasteiger partial charge in [-0.05, 0) is 23.8 Å². The second kappa shape index (κ2) is 4.77. The van der Waals surface area contributed by atoms with Crippen LogP contribution in [0, 0.1) is 5.82 Å². The Hall–Kier alpha value is -2.11. The van der Waals surface area contributed by atoms with Crippen molar-refractivity contribution < 1.29 is 8.81 Å². The first-order valence-corrected chi connectivity index (χ1v) is 6.26. The second-order valence-corrected chi connectivity index (χ2v) is 4.80. The molecule has 3 N–H and O–H groups in total. The monoisotopic (exact) mass is 292 g/mol. The molecule has 1 heterocycles. The van der Waals surface area contributed by atoms with E-state index in [1.54, 1.807) is 30.3 Å². The fraction of sp³-hybridized carbons (Fsp3) is 0.0714. The van der Waals surface area contributed by atoms with Crippen molar-refractivity contribution in [2.75, 3.05) is 0 Å². The highest BCUT2D eigenvalue weighted by atomic mass is 35.5. The van der Waals surface area contributed by atoms with E-state index < -0.39 is 17.6 Å². The lowest BCUT2D eigenvalue weighted by Gasteiger charge is -2.13. The van der Waals surface area contributed by atoms with Crippen LogP contribution in [-0.4, -0.2) is 4.98 Å². The van der Waals surface area contributed by atoms with E-state index in [0.29, 0.717) is 16.7 Å². The van der Waals surface area contributed by atoms with E-state index >= 15 is 0 Å². The van der Waals surface area contributed by atoms with Crippen LogP contribution in [0.4, 0.5) is 4.39 Å². The van der Waals surface area contributed by atoms with Gasteiger partial charge in [0.1, 0.15) is 5.82 Å². The van der Waals surface area contributed by atoms with E-state index in [2.05, 4.69) is 4.98 Å². The summed E-state index contributed by atoms with van der Waals surface area (Å²) >= 11 is 5.75. The summed E-state index contributed by atoms with van der Waals surface area (Å²) in [6.45, 7) is 0. The van der Waals surface area contributed by atoms with Crippen LogP contribution in [0.3, 0.4) is 0 Å². The SMILES string of the molecule is NC(c1ccc2[nH]c(=O)oc2c1)c1cccc(Cl)c1F. The molecular formula is C14H10ClFN2O2. The Morgan fingerprint density at radius 2 is 2.10 bits per heavy atom. The Bertz CT molecular complexity index is 841. The molecule has 0 amide bonds. The number of aromatic amines is 1. The van der Waals surface area contributed by atoms with E-state index in [-0.39, 0.29) is 10.6 Å². The first kappa shape index (κ1) is 12.9. The average molecular weight is 293 g/mol. The number of H-pyrrole nitrogens is 1. The lowest BCUT2D eigenvalue weighted by atomic mass is 9.99. The summed E-state index contributed by atoms with van der Waals surface area (Å²) in [5.41, 5.74) is 7.92. The quantitative estimate of drug-likeness (QED) is 0.763. The van der Waals surface area contributed by atoms with E-state index in [1.165, 1.54) is 6.07 Å². The molecule has 0 saturated carbocycles. The molecule has 3 aromatic rings. The standard InChI is InChI=1S/C14H10ClFN2O2/c15-9-3-1-2-8(12(9)16)13(17)7-4-5-10-11(6-7)20-14(19)18-10/h1-6,13H,17H2,(H,18,19). The number of nitrogens with two attached hydrogens (primary N) is 1. The van der Waals surface area contributed by atoms with Crippen molar-refractivity contribution in [1.82, 2.24) is 4.98 Å². The first-order chi connectivity index (χ1) is 9.56. The number of hydrogen-bond acceptors (Lipinski definition) is 3. The van der Waals surface area contributed by atoms with Crippen LogP contribution in [0.1, 0.15) is 17.2 Å². The number of halogens is 2. The fourth-order valence-corrected chi connectivity index (χ4v) is 2.28. The number of oxazole rings is 1. The number of aromatic nitrogens is 1. The molecule has 1 atom stereocenters. The number of hydrogen-bond donors (Lipinski definition) is 2. The maximum Gasteiger partial charge on any atom is 0.417 e. The number of rotatable bonds is 2. The van der Waals surface area contributed by atoms with Gasteiger partial charge in [0.2, 0.25) is 0 Å². The van der Waals surface area contributed by atoms with E-state index in [4.69, 9.17) is 21.8 Å². The zero-order chi connectivity index (χ0) is 14.3. The third-order valence-electron chi connectivity index (χ3n) is 3.12.